The maximum absolute atomic E-state index is 13.3. The smallest absolute Gasteiger partial charge is 0.434 e. The van der Waals surface area contributed by atoms with Gasteiger partial charge in [0, 0.05) is 23.1 Å². The van der Waals surface area contributed by atoms with Crippen LogP contribution in [0.1, 0.15) is 43.6 Å². The molecule has 0 saturated carbocycles. The Hall–Kier alpha value is -3.92. The van der Waals surface area contributed by atoms with Gasteiger partial charge < -0.3 is 9.47 Å². The second-order valence-electron chi connectivity index (χ2n) is 8.52. The minimum Gasteiger partial charge on any atom is -0.451 e. The topological polar surface area (TPSA) is 113 Å². The Kier molecular flexibility index (Phi) is 5.54. The Morgan fingerprint density at radius 3 is 2.36 bits per heavy atom. The van der Waals surface area contributed by atoms with Crippen LogP contribution in [0, 0.1) is 10.1 Å². The molecule has 1 unspecified atom stereocenters. The van der Waals surface area contributed by atoms with Gasteiger partial charge in [-0.15, -0.1) is 0 Å². The van der Waals surface area contributed by atoms with Gasteiger partial charge in [0.05, 0.1) is 23.2 Å². The van der Waals surface area contributed by atoms with E-state index in [0.717, 1.165) is 10.4 Å². The van der Waals surface area contributed by atoms with E-state index in [-0.39, 0.29) is 12.3 Å². The van der Waals surface area contributed by atoms with E-state index in [9.17, 15) is 19.7 Å². The number of aromatic nitrogens is 1. The first-order valence-electron chi connectivity index (χ1n) is 10.2. The quantitative estimate of drug-likeness (QED) is 0.399. The summed E-state index contributed by atoms with van der Waals surface area (Å²) < 4.78 is 12.0. The Labute approximate surface area is 189 Å². The van der Waals surface area contributed by atoms with Crippen LogP contribution in [0.5, 0.6) is 0 Å². The fraction of sp³-hybridized carbons (Fsp3) is 0.304. The van der Waals surface area contributed by atoms with Crippen LogP contribution < -0.4 is 0 Å². The van der Waals surface area contributed by atoms with Crippen molar-refractivity contribution in [3.05, 3.63) is 75.5 Å². The van der Waals surface area contributed by atoms with Gasteiger partial charge in [0.2, 0.25) is 0 Å². The first-order valence-corrected chi connectivity index (χ1v) is 10.2. The molecule has 0 radical (unpaired) electrons. The van der Waals surface area contributed by atoms with E-state index in [0.29, 0.717) is 22.3 Å². The van der Waals surface area contributed by atoms with Crippen molar-refractivity contribution in [3.63, 3.8) is 0 Å². The summed E-state index contributed by atoms with van der Waals surface area (Å²) in [5, 5.41) is 12.9. The second kappa shape index (κ2) is 8.21. The molecule has 0 aliphatic carbocycles. The molecule has 0 bridgehead atoms. The Morgan fingerprint density at radius 2 is 1.76 bits per heavy atom. The summed E-state index contributed by atoms with van der Waals surface area (Å²) in [5.74, 6) is 0. The first-order chi connectivity index (χ1) is 15.6. The molecule has 0 saturated heterocycles. The lowest BCUT2D eigenvalue weighted by Crippen LogP contribution is -2.41. The van der Waals surface area contributed by atoms with Crippen LogP contribution in [-0.4, -0.2) is 39.5 Å². The third-order valence-corrected chi connectivity index (χ3v) is 5.21. The molecule has 172 valence electrons. The molecule has 3 aromatic rings. The summed E-state index contributed by atoms with van der Waals surface area (Å²) in [7, 11) is 1.22. The molecule has 10 nitrogen and oxygen atoms in total. The maximum atomic E-state index is 13.3. The zero-order chi connectivity index (χ0) is 23.9. The predicted molar refractivity (Wildman–Crippen MR) is 118 cm³/mol. The number of nitrogens with zero attached hydrogens (tertiary/aromatic N) is 3. The number of nitro benzene ring substituents is 1. The number of benzene rings is 2. The summed E-state index contributed by atoms with van der Waals surface area (Å²) in [6.07, 6.45) is -1.39. The fourth-order valence-electron chi connectivity index (χ4n) is 3.91. The number of rotatable bonds is 2. The normalized spacial score (nSPS) is 15.8. The molecule has 1 amide bonds. The van der Waals surface area contributed by atoms with Crippen LogP contribution in [0.3, 0.4) is 0 Å². The molecule has 1 atom stereocenters. The van der Waals surface area contributed by atoms with Crippen LogP contribution in [0.15, 0.2) is 48.5 Å². The SMILES string of the molecule is COC(=O)N1OCc2c(n(C(=O)OC(C)(C)C)c3ccccc23)C1c1ccc([N+](=O)[O-])cc1. The summed E-state index contributed by atoms with van der Waals surface area (Å²) in [4.78, 5) is 42.3. The molecule has 2 heterocycles. The average Bonchev–Trinajstić information content (AvgIpc) is 3.11. The molecule has 10 heteroatoms. The van der Waals surface area contributed by atoms with Crippen molar-refractivity contribution in [2.45, 2.75) is 39.0 Å². The van der Waals surface area contributed by atoms with Gasteiger partial charge in [0.25, 0.3) is 5.69 Å². The van der Waals surface area contributed by atoms with Gasteiger partial charge in [-0.25, -0.2) is 14.2 Å². The van der Waals surface area contributed by atoms with E-state index in [4.69, 9.17) is 14.3 Å². The lowest BCUT2D eigenvalue weighted by Gasteiger charge is -2.35. The zero-order valence-electron chi connectivity index (χ0n) is 18.6. The number of hydrogen-bond acceptors (Lipinski definition) is 7. The molecule has 0 fully saturated rings. The Bertz CT molecular complexity index is 1240. The number of amides is 1. The third-order valence-electron chi connectivity index (χ3n) is 5.21. The standard InChI is InChI=1S/C23H23N3O7/c1-23(2,3)33-21(27)24-18-8-6-5-7-16(18)17-13-32-25(22(28)31-4)19(20(17)24)14-9-11-15(12-10-14)26(29)30/h5-12,19H,13H2,1-4H3. The number of fused-ring (bicyclic) bond motifs is 3. The van der Waals surface area contributed by atoms with Crippen molar-refractivity contribution in [2.75, 3.05) is 7.11 Å². The molecule has 1 aliphatic rings. The molecule has 2 aromatic carbocycles. The number of methoxy groups -OCH3 is 1. The Balaban J connectivity index is 1.98. The van der Waals surface area contributed by atoms with E-state index in [2.05, 4.69) is 0 Å². The first kappa shape index (κ1) is 22.3. The number of carbonyl (C=O) groups is 2. The van der Waals surface area contributed by atoms with Crippen LogP contribution in [0.25, 0.3) is 10.9 Å². The number of non-ortho nitro benzene ring substituents is 1. The maximum Gasteiger partial charge on any atom is 0.434 e. The summed E-state index contributed by atoms with van der Waals surface area (Å²) in [5.41, 5.74) is 1.41. The largest absolute Gasteiger partial charge is 0.451 e. The lowest BCUT2D eigenvalue weighted by molar-refractivity contribution is -0.384. The van der Waals surface area contributed by atoms with Crippen molar-refractivity contribution in [1.29, 1.82) is 0 Å². The Morgan fingerprint density at radius 1 is 1.09 bits per heavy atom. The number of hydroxylamine groups is 2. The van der Waals surface area contributed by atoms with Crippen LogP contribution in [-0.2, 0) is 20.9 Å². The number of hydrogen-bond donors (Lipinski definition) is 0. The van der Waals surface area contributed by atoms with Gasteiger partial charge in [-0.1, -0.05) is 18.2 Å². The van der Waals surface area contributed by atoms with Crippen molar-refractivity contribution in [2.24, 2.45) is 0 Å². The molecular weight excluding hydrogens is 430 g/mol. The van der Waals surface area contributed by atoms with Gasteiger partial charge >= 0.3 is 12.2 Å². The number of ether oxygens (including phenoxy) is 2. The third kappa shape index (κ3) is 4.00. The van der Waals surface area contributed by atoms with Gasteiger partial charge in [-0.05, 0) is 44.5 Å². The van der Waals surface area contributed by atoms with Gasteiger partial charge in [-0.3, -0.25) is 15.0 Å². The van der Waals surface area contributed by atoms with E-state index >= 15 is 0 Å². The number of para-hydroxylation sites is 1. The summed E-state index contributed by atoms with van der Waals surface area (Å²) in [6.45, 7) is 5.31. The van der Waals surface area contributed by atoms with Crippen LogP contribution in [0.4, 0.5) is 15.3 Å². The highest BCUT2D eigenvalue weighted by Crippen LogP contribution is 2.42. The van der Waals surface area contributed by atoms with E-state index in [1.54, 1.807) is 32.9 Å². The lowest BCUT2D eigenvalue weighted by atomic mass is 9.98. The molecule has 0 N–H and O–H groups in total. The second-order valence-corrected chi connectivity index (χ2v) is 8.52. The molecule has 4 rings (SSSR count). The van der Waals surface area contributed by atoms with Crippen LogP contribution in [0.2, 0.25) is 0 Å². The monoisotopic (exact) mass is 453 g/mol. The highest BCUT2D eigenvalue weighted by atomic mass is 16.7. The van der Waals surface area contributed by atoms with Gasteiger partial charge in [0.1, 0.15) is 18.2 Å². The molecule has 33 heavy (non-hydrogen) atoms. The molecule has 0 spiro atoms. The van der Waals surface area contributed by atoms with E-state index in [1.165, 1.54) is 35.9 Å². The molecular formula is C23H23N3O7. The van der Waals surface area contributed by atoms with Crippen LogP contribution >= 0.6 is 0 Å². The summed E-state index contributed by atoms with van der Waals surface area (Å²) >= 11 is 0. The van der Waals surface area contributed by atoms with Crippen molar-refractivity contribution in [3.8, 4) is 0 Å². The molecule has 1 aromatic heterocycles. The minimum atomic E-state index is -0.915. The number of nitro groups is 1. The van der Waals surface area contributed by atoms with Crippen molar-refractivity contribution >= 4 is 28.8 Å². The zero-order valence-corrected chi connectivity index (χ0v) is 18.6. The van der Waals surface area contributed by atoms with Gasteiger partial charge in [-0.2, -0.15) is 5.06 Å². The highest BCUT2D eigenvalue weighted by Gasteiger charge is 2.40. The highest BCUT2D eigenvalue weighted by molar-refractivity contribution is 5.94. The van der Waals surface area contributed by atoms with E-state index in [1.807, 2.05) is 12.1 Å². The van der Waals surface area contributed by atoms with Crippen molar-refractivity contribution in [1.82, 2.24) is 9.63 Å². The van der Waals surface area contributed by atoms with Gasteiger partial charge in [0.15, 0.2) is 0 Å². The fourth-order valence-corrected chi connectivity index (χ4v) is 3.91. The minimum absolute atomic E-state index is 0.0181. The summed E-state index contributed by atoms with van der Waals surface area (Å²) in [6, 6.07) is 12.1. The van der Waals surface area contributed by atoms with E-state index < -0.39 is 28.8 Å². The molecule has 1 aliphatic heterocycles. The average molecular weight is 453 g/mol. The number of carbonyl (C=O) groups excluding carboxylic acids is 2. The predicted octanol–water partition coefficient (Wildman–Crippen LogP) is 4.94. The van der Waals surface area contributed by atoms with Crippen molar-refractivity contribution < 1.29 is 28.8 Å².